The van der Waals surface area contributed by atoms with Gasteiger partial charge in [0.25, 0.3) is 0 Å². The van der Waals surface area contributed by atoms with E-state index >= 15 is 0 Å². The zero-order valence-corrected chi connectivity index (χ0v) is 35.5. The summed E-state index contributed by atoms with van der Waals surface area (Å²) in [5.41, 5.74) is 6.42. The lowest BCUT2D eigenvalue weighted by molar-refractivity contribution is -0.0901. The Labute approximate surface area is 343 Å². The number of hydrogen-bond donors (Lipinski definition) is 4. The zero-order valence-electron chi connectivity index (χ0n) is 34.6. The summed E-state index contributed by atoms with van der Waals surface area (Å²) in [6.45, 7) is 3.49. The molecule has 0 radical (unpaired) electrons. The Morgan fingerprint density at radius 2 is 1.59 bits per heavy atom. The summed E-state index contributed by atoms with van der Waals surface area (Å²) < 4.78 is 48.6. The molecule has 0 bridgehead atoms. The minimum atomic E-state index is -4.71. The molecule has 0 amide bonds. The van der Waals surface area contributed by atoms with Gasteiger partial charge in [-0.25, -0.2) is 14.1 Å². The van der Waals surface area contributed by atoms with Crippen molar-refractivity contribution in [2.24, 2.45) is 0 Å². The smallest absolute Gasteiger partial charge is 0.472 e. The topological polar surface area (TPSA) is 213 Å². The van der Waals surface area contributed by atoms with Crippen LogP contribution in [0.2, 0.25) is 0 Å². The van der Waals surface area contributed by atoms with Crippen molar-refractivity contribution in [2.45, 2.75) is 153 Å². The number of hydrogen-bond acceptors (Lipinski definition) is 13. The van der Waals surface area contributed by atoms with Crippen LogP contribution < -0.4 is 10.5 Å². The van der Waals surface area contributed by atoms with E-state index in [2.05, 4.69) is 23.1 Å². The number of aliphatic hydroxyl groups excluding tert-OH is 2. The van der Waals surface area contributed by atoms with Gasteiger partial charge < -0.3 is 39.8 Å². The molecule has 3 heterocycles. The molecule has 6 atom stereocenters. The van der Waals surface area contributed by atoms with Gasteiger partial charge >= 0.3 is 7.82 Å². The number of ether oxygens (including phenoxy) is 4. The largest absolute Gasteiger partial charge is 0.496 e. The fourth-order valence-corrected chi connectivity index (χ4v) is 8.08. The van der Waals surface area contributed by atoms with E-state index in [1.165, 1.54) is 101 Å². The number of phosphoric acid groups is 1. The van der Waals surface area contributed by atoms with Gasteiger partial charge in [-0.1, -0.05) is 103 Å². The van der Waals surface area contributed by atoms with E-state index in [4.69, 9.17) is 33.7 Å². The van der Waals surface area contributed by atoms with Crippen molar-refractivity contribution in [3.63, 3.8) is 0 Å². The number of fused-ring (bicyclic) bond motifs is 1. The number of nitriles is 1. The molecule has 1 aliphatic heterocycles. The Balaban J connectivity index is 1.20. The number of unbranched alkanes of at least 4 members (excludes halogenated alkanes) is 15. The zero-order chi connectivity index (χ0) is 41.8. The Morgan fingerprint density at radius 3 is 2.21 bits per heavy atom. The first-order valence-corrected chi connectivity index (χ1v) is 22.5. The maximum Gasteiger partial charge on any atom is 0.472 e. The van der Waals surface area contributed by atoms with Gasteiger partial charge in [0.15, 0.2) is 5.82 Å². The minimum Gasteiger partial charge on any atom is -0.496 e. The molecule has 4 rings (SSSR count). The summed E-state index contributed by atoms with van der Waals surface area (Å²) >= 11 is 0. The van der Waals surface area contributed by atoms with Gasteiger partial charge in [-0.05, 0) is 43.7 Å². The lowest BCUT2D eigenvalue weighted by atomic mass is 9.93. The second-order valence-corrected chi connectivity index (χ2v) is 16.8. The number of nitrogens with two attached hydrogens (primary N) is 1. The van der Waals surface area contributed by atoms with Crippen LogP contribution in [0.4, 0.5) is 5.82 Å². The molecule has 0 saturated carbocycles. The molecule has 0 aliphatic carbocycles. The molecule has 0 spiro atoms. The Kier molecular flexibility index (Phi) is 20.3. The fourth-order valence-electron chi connectivity index (χ4n) is 7.32. The van der Waals surface area contributed by atoms with Crippen LogP contribution in [0.15, 0.2) is 36.7 Å². The summed E-state index contributed by atoms with van der Waals surface area (Å²) in [7, 11) is -3.20. The van der Waals surface area contributed by atoms with E-state index in [9.17, 15) is 24.9 Å². The SMILES string of the molecule is CCCCCCCCCCCCCCCCCCOC[C@H](COP(=O)(O)OC[C@H]1O[C@@](C)(c2ccc3c(N)ncnn23)[C@H](O)[C@@H]1O)OCc1cc(C#N)ccc1OC. The van der Waals surface area contributed by atoms with Crippen LogP contribution in [0, 0.1) is 11.3 Å². The van der Waals surface area contributed by atoms with Crippen molar-refractivity contribution < 1.29 is 47.7 Å². The third kappa shape index (κ3) is 14.5. The fraction of sp³-hybridized carbons (Fsp3) is 0.690. The number of phosphoric ester groups is 1. The molecule has 16 heteroatoms. The van der Waals surface area contributed by atoms with E-state index in [-0.39, 0.29) is 25.6 Å². The van der Waals surface area contributed by atoms with Crippen molar-refractivity contribution >= 4 is 19.2 Å². The monoisotopic (exact) mass is 831 g/mol. The van der Waals surface area contributed by atoms with Gasteiger partial charge in [0.1, 0.15) is 47.6 Å². The van der Waals surface area contributed by atoms with Crippen molar-refractivity contribution in [1.29, 1.82) is 5.26 Å². The lowest BCUT2D eigenvalue weighted by Crippen LogP contribution is -2.39. The first-order chi connectivity index (χ1) is 28.0. The molecule has 1 saturated heterocycles. The Morgan fingerprint density at radius 1 is 0.948 bits per heavy atom. The highest BCUT2D eigenvalue weighted by Gasteiger charge is 2.54. The number of nitrogen functional groups attached to an aromatic ring is 1. The average Bonchev–Trinajstić information content (AvgIpc) is 3.76. The van der Waals surface area contributed by atoms with Crippen LogP contribution in [-0.4, -0.2) is 87.7 Å². The van der Waals surface area contributed by atoms with E-state index in [1.54, 1.807) is 37.3 Å². The summed E-state index contributed by atoms with van der Waals surface area (Å²) in [5, 5.41) is 35.5. The molecule has 1 fully saturated rings. The van der Waals surface area contributed by atoms with Gasteiger partial charge in [-0.2, -0.15) is 10.4 Å². The number of aliphatic hydroxyl groups is 2. The quantitative estimate of drug-likeness (QED) is 0.0378. The third-order valence-electron chi connectivity index (χ3n) is 10.8. The molecule has 3 aromatic rings. The second kappa shape index (κ2) is 24.8. The van der Waals surface area contributed by atoms with Crippen LogP contribution in [-0.2, 0) is 40.0 Å². The molecule has 15 nitrogen and oxygen atoms in total. The summed E-state index contributed by atoms with van der Waals surface area (Å²) in [6.07, 6.45) is 16.8. The first kappa shape index (κ1) is 47.5. The van der Waals surface area contributed by atoms with Crippen LogP contribution in [0.25, 0.3) is 5.52 Å². The summed E-state index contributed by atoms with van der Waals surface area (Å²) in [6, 6.07) is 10.4. The first-order valence-electron chi connectivity index (χ1n) is 21.0. The standard InChI is InChI=1S/C42H66N5O10P/c1-4-5-6-7-8-9-10-11-12-13-14-15-16-17-18-19-24-53-28-34(54-27-33-25-32(26-43)20-22-36(33)52-3)29-55-58(50,51)56-30-37-39(48)40(49)42(2,57-37)38-23-21-35-41(44)45-31-46-47(35)38/h20-23,25,31,34,37,39-40,48-49H,4-19,24,27-30H2,1-3H3,(H,50,51)(H2,44,45,46)/t34-,37-,39-,40-,42+/m1/s1. The highest BCUT2D eigenvalue weighted by molar-refractivity contribution is 7.47. The van der Waals surface area contributed by atoms with E-state index in [0.717, 1.165) is 19.3 Å². The lowest BCUT2D eigenvalue weighted by Gasteiger charge is -2.27. The van der Waals surface area contributed by atoms with Crippen molar-refractivity contribution in [1.82, 2.24) is 14.6 Å². The number of nitrogens with zero attached hydrogens (tertiary/aromatic N) is 4. The van der Waals surface area contributed by atoms with Crippen LogP contribution >= 0.6 is 7.82 Å². The molecule has 2 aromatic heterocycles. The number of rotatable bonds is 30. The van der Waals surface area contributed by atoms with E-state index in [0.29, 0.717) is 34.7 Å². The number of methoxy groups -OCH3 is 1. The Bertz CT molecular complexity index is 1740. The molecule has 5 N–H and O–H groups in total. The molecule has 1 aromatic carbocycles. The van der Waals surface area contributed by atoms with Crippen LogP contribution in [0.1, 0.15) is 133 Å². The van der Waals surface area contributed by atoms with Crippen molar-refractivity contribution in [2.75, 3.05) is 39.3 Å². The predicted molar refractivity (Wildman–Crippen MR) is 220 cm³/mol. The van der Waals surface area contributed by atoms with Gasteiger partial charge in [0.05, 0.1) is 50.9 Å². The maximum atomic E-state index is 13.1. The van der Waals surface area contributed by atoms with Crippen molar-refractivity contribution in [3.05, 3.63) is 53.5 Å². The molecular weight excluding hydrogens is 765 g/mol. The number of anilines is 1. The summed E-state index contributed by atoms with van der Waals surface area (Å²) in [5.74, 6) is 0.746. The van der Waals surface area contributed by atoms with E-state index in [1.807, 2.05) is 0 Å². The highest BCUT2D eigenvalue weighted by Crippen LogP contribution is 2.46. The number of aromatic nitrogens is 3. The molecule has 58 heavy (non-hydrogen) atoms. The van der Waals surface area contributed by atoms with Crippen molar-refractivity contribution in [3.8, 4) is 11.8 Å². The van der Waals surface area contributed by atoms with Crippen LogP contribution in [0.3, 0.4) is 0 Å². The van der Waals surface area contributed by atoms with Gasteiger partial charge in [-0.3, -0.25) is 9.05 Å². The summed E-state index contributed by atoms with van der Waals surface area (Å²) in [4.78, 5) is 14.6. The maximum absolute atomic E-state index is 13.1. The molecule has 1 unspecified atom stereocenters. The third-order valence-corrected chi connectivity index (χ3v) is 11.8. The van der Waals surface area contributed by atoms with E-state index < -0.39 is 44.4 Å². The van der Waals surface area contributed by atoms with Gasteiger partial charge in [0.2, 0.25) is 0 Å². The normalized spacial score (nSPS) is 20.9. The van der Waals surface area contributed by atoms with Gasteiger partial charge in [-0.15, -0.1) is 0 Å². The van der Waals surface area contributed by atoms with Crippen LogP contribution in [0.5, 0.6) is 5.75 Å². The second-order valence-electron chi connectivity index (χ2n) is 15.4. The molecule has 1 aliphatic rings. The average molecular weight is 832 g/mol. The minimum absolute atomic E-state index is 0.0231. The predicted octanol–water partition coefficient (Wildman–Crippen LogP) is 7.52. The molecule has 324 valence electrons. The van der Waals surface area contributed by atoms with Gasteiger partial charge in [0, 0.05) is 12.2 Å². The highest BCUT2D eigenvalue weighted by atomic mass is 31.2. The number of benzene rings is 1. The Hall–Kier alpha value is -3.16. The molecular formula is C42H66N5O10P.